The maximum atomic E-state index is 11.3. The molecule has 0 atom stereocenters. The first-order valence-electron chi connectivity index (χ1n) is 5.91. The smallest absolute Gasteiger partial charge is 0.222 e. The van der Waals surface area contributed by atoms with Crippen LogP contribution in [0.25, 0.3) is 10.9 Å². The first-order chi connectivity index (χ1) is 9.52. The molecule has 1 aromatic heterocycles. The number of anilines is 2. The van der Waals surface area contributed by atoms with Crippen LogP contribution in [0.1, 0.15) is 19.4 Å². The standard InChI is InChI=1S/C14H12N4O2/c1-8(19)16-13-10-5-3-4-6-12(10)18-14(11(13)7-15)17-9(2)20/h3-6H,1-2H3,(H2,16,17,18,19,20). The largest absolute Gasteiger partial charge is 0.324 e. The van der Waals surface area contributed by atoms with E-state index in [0.717, 1.165) is 0 Å². The third kappa shape index (κ3) is 2.57. The molecule has 6 nitrogen and oxygen atoms in total. The number of amides is 2. The zero-order valence-corrected chi connectivity index (χ0v) is 11.0. The molecule has 2 aromatic rings. The van der Waals surface area contributed by atoms with Crippen LogP contribution in [0.15, 0.2) is 24.3 Å². The maximum Gasteiger partial charge on any atom is 0.222 e. The number of pyridine rings is 1. The van der Waals surface area contributed by atoms with Gasteiger partial charge in [0.1, 0.15) is 11.6 Å². The van der Waals surface area contributed by atoms with Crippen molar-refractivity contribution in [3.63, 3.8) is 0 Å². The Bertz CT molecular complexity index is 747. The Morgan fingerprint density at radius 2 is 1.80 bits per heavy atom. The minimum Gasteiger partial charge on any atom is -0.324 e. The quantitative estimate of drug-likeness (QED) is 0.871. The summed E-state index contributed by atoms with van der Waals surface area (Å²) in [5, 5.41) is 15.1. The third-order valence-corrected chi connectivity index (χ3v) is 2.60. The first kappa shape index (κ1) is 13.5. The summed E-state index contributed by atoms with van der Waals surface area (Å²) in [4.78, 5) is 26.8. The Hall–Kier alpha value is -2.94. The molecule has 1 aromatic carbocycles. The number of benzene rings is 1. The summed E-state index contributed by atoms with van der Waals surface area (Å²) in [6.07, 6.45) is 0. The molecule has 2 rings (SSSR count). The first-order valence-corrected chi connectivity index (χ1v) is 5.91. The number of nitriles is 1. The Balaban J connectivity index is 2.78. The van der Waals surface area contributed by atoms with Crippen LogP contribution in [0.4, 0.5) is 11.5 Å². The molecule has 0 fully saturated rings. The van der Waals surface area contributed by atoms with Crippen LogP contribution in [-0.2, 0) is 9.59 Å². The number of hydrogen-bond acceptors (Lipinski definition) is 4. The van der Waals surface area contributed by atoms with Crippen molar-refractivity contribution in [1.29, 1.82) is 5.26 Å². The highest BCUT2D eigenvalue weighted by Gasteiger charge is 2.16. The highest BCUT2D eigenvalue weighted by Crippen LogP contribution is 2.30. The number of carbonyl (C=O) groups excluding carboxylic acids is 2. The average molecular weight is 268 g/mol. The zero-order valence-electron chi connectivity index (χ0n) is 11.0. The molecule has 0 saturated carbocycles. The van der Waals surface area contributed by atoms with Crippen molar-refractivity contribution in [3.05, 3.63) is 29.8 Å². The van der Waals surface area contributed by atoms with Crippen LogP contribution < -0.4 is 10.6 Å². The van der Waals surface area contributed by atoms with Gasteiger partial charge in [-0.2, -0.15) is 5.26 Å². The number of para-hydroxylation sites is 1. The molecule has 0 aliphatic carbocycles. The molecular formula is C14H12N4O2. The second-order valence-corrected chi connectivity index (χ2v) is 4.20. The Labute approximate surface area is 115 Å². The van der Waals surface area contributed by atoms with E-state index in [9.17, 15) is 14.9 Å². The van der Waals surface area contributed by atoms with Gasteiger partial charge in [0, 0.05) is 19.2 Å². The predicted molar refractivity (Wildman–Crippen MR) is 75.1 cm³/mol. The van der Waals surface area contributed by atoms with Crippen molar-refractivity contribution >= 4 is 34.2 Å². The maximum absolute atomic E-state index is 11.3. The van der Waals surface area contributed by atoms with Gasteiger partial charge in [0.25, 0.3) is 0 Å². The molecule has 0 radical (unpaired) electrons. The van der Waals surface area contributed by atoms with Gasteiger partial charge in [0.05, 0.1) is 11.2 Å². The molecule has 1 heterocycles. The van der Waals surface area contributed by atoms with Crippen molar-refractivity contribution in [3.8, 4) is 6.07 Å². The summed E-state index contributed by atoms with van der Waals surface area (Å²) in [6, 6.07) is 9.05. The van der Waals surface area contributed by atoms with Crippen molar-refractivity contribution in [2.45, 2.75) is 13.8 Å². The zero-order chi connectivity index (χ0) is 14.7. The average Bonchev–Trinajstić information content (AvgIpc) is 2.37. The van der Waals surface area contributed by atoms with Crippen LogP contribution in [0.3, 0.4) is 0 Å². The molecular weight excluding hydrogens is 256 g/mol. The van der Waals surface area contributed by atoms with E-state index in [0.29, 0.717) is 16.6 Å². The number of rotatable bonds is 2. The lowest BCUT2D eigenvalue weighted by atomic mass is 10.1. The third-order valence-electron chi connectivity index (χ3n) is 2.60. The molecule has 2 amide bonds. The minimum atomic E-state index is -0.335. The summed E-state index contributed by atoms with van der Waals surface area (Å²) in [5.74, 6) is -0.493. The second-order valence-electron chi connectivity index (χ2n) is 4.20. The molecule has 6 heteroatoms. The fourth-order valence-electron chi connectivity index (χ4n) is 1.88. The Morgan fingerprint density at radius 3 is 2.40 bits per heavy atom. The van der Waals surface area contributed by atoms with Crippen molar-refractivity contribution in [2.75, 3.05) is 10.6 Å². The Kier molecular flexibility index (Phi) is 3.62. The molecule has 100 valence electrons. The molecule has 0 aliphatic heterocycles. The van der Waals surface area contributed by atoms with Gasteiger partial charge >= 0.3 is 0 Å². The van der Waals surface area contributed by atoms with E-state index >= 15 is 0 Å². The van der Waals surface area contributed by atoms with Crippen molar-refractivity contribution in [1.82, 2.24) is 4.98 Å². The molecule has 0 saturated heterocycles. The monoisotopic (exact) mass is 268 g/mol. The van der Waals surface area contributed by atoms with Gasteiger partial charge in [-0.25, -0.2) is 4.98 Å². The van der Waals surface area contributed by atoms with E-state index in [2.05, 4.69) is 15.6 Å². The van der Waals surface area contributed by atoms with Gasteiger partial charge in [-0.05, 0) is 6.07 Å². The number of hydrogen-bond donors (Lipinski definition) is 2. The molecule has 0 spiro atoms. The van der Waals surface area contributed by atoms with Crippen molar-refractivity contribution in [2.24, 2.45) is 0 Å². The van der Waals surface area contributed by atoms with Crippen LogP contribution in [-0.4, -0.2) is 16.8 Å². The van der Waals surface area contributed by atoms with Gasteiger partial charge in [-0.1, -0.05) is 18.2 Å². The van der Waals surface area contributed by atoms with Gasteiger partial charge in [0.15, 0.2) is 5.82 Å². The van der Waals surface area contributed by atoms with Crippen LogP contribution >= 0.6 is 0 Å². The Morgan fingerprint density at radius 1 is 1.15 bits per heavy atom. The van der Waals surface area contributed by atoms with Gasteiger partial charge < -0.3 is 10.6 Å². The number of fused-ring (bicyclic) bond motifs is 1. The SMILES string of the molecule is CC(=O)Nc1nc2ccccc2c(NC(C)=O)c1C#N. The highest BCUT2D eigenvalue weighted by atomic mass is 16.2. The molecule has 20 heavy (non-hydrogen) atoms. The number of nitrogens with one attached hydrogen (secondary N) is 2. The normalized spacial score (nSPS) is 9.85. The predicted octanol–water partition coefficient (Wildman–Crippen LogP) is 2.02. The highest BCUT2D eigenvalue weighted by molar-refractivity contribution is 6.05. The molecule has 2 N–H and O–H groups in total. The topological polar surface area (TPSA) is 94.9 Å². The van der Waals surface area contributed by atoms with E-state index in [4.69, 9.17) is 0 Å². The van der Waals surface area contributed by atoms with Gasteiger partial charge in [-0.15, -0.1) is 0 Å². The summed E-state index contributed by atoms with van der Waals surface area (Å²) < 4.78 is 0. The lowest BCUT2D eigenvalue weighted by Crippen LogP contribution is -2.13. The lowest BCUT2D eigenvalue weighted by Gasteiger charge is -2.12. The van der Waals surface area contributed by atoms with Crippen LogP contribution in [0.2, 0.25) is 0 Å². The van der Waals surface area contributed by atoms with E-state index in [-0.39, 0.29) is 23.2 Å². The summed E-state index contributed by atoms with van der Waals surface area (Å²) in [7, 11) is 0. The molecule has 0 aliphatic rings. The minimum absolute atomic E-state index is 0.133. The summed E-state index contributed by atoms with van der Waals surface area (Å²) in [6.45, 7) is 2.69. The van der Waals surface area contributed by atoms with E-state index in [1.807, 2.05) is 6.07 Å². The number of nitrogens with zero attached hydrogens (tertiary/aromatic N) is 2. The van der Waals surface area contributed by atoms with Crippen LogP contribution in [0.5, 0.6) is 0 Å². The van der Waals surface area contributed by atoms with E-state index in [1.165, 1.54) is 13.8 Å². The molecule has 0 unspecified atom stereocenters. The molecule has 0 bridgehead atoms. The van der Waals surface area contributed by atoms with E-state index in [1.54, 1.807) is 24.3 Å². The van der Waals surface area contributed by atoms with E-state index < -0.39 is 0 Å². The van der Waals surface area contributed by atoms with Crippen LogP contribution in [0, 0.1) is 11.3 Å². The second kappa shape index (κ2) is 5.36. The van der Waals surface area contributed by atoms with Gasteiger partial charge in [0.2, 0.25) is 11.8 Å². The van der Waals surface area contributed by atoms with Gasteiger partial charge in [-0.3, -0.25) is 9.59 Å². The summed E-state index contributed by atoms with van der Waals surface area (Å²) in [5.41, 5.74) is 1.07. The number of aromatic nitrogens is 1. The fourth-order valence-corrected chi connectivity index (χ4v) is 1.88. The van der Waals surface area contributed by atoms with Crippen molar-refractivity contribution < 1.29 is 9.59 Å². The lowest BCUT2D eigenvalue weighted by molar-refractivity contribution is -0.115. The summed E-state index contributed by atoms with van der Waals surface area (Å²) >= 11 is 0. The fraction of sp³-hybridized carbons (Fsp3) is 0.143. The number of carbonyl (C=O) groups is 2.